The fraction of sp³-hybridized carbons (Fsp3) is 0.423. The molecule has 0 aliphatic carbocycles. The van der Waals surface area contributed by atoms with Gasteiger partial charge < -0.3 is 15.1 Å². The maximum absolute atomic E-state index is 15.0. The van der Waals surface area contributed by atoms with Crippen molar-refractivity contribution in [3.63, 3.8) is 0 Å². The van der Waals surface area contributed by atoms with Gasteiger partial charge in [-0.1, -0.05) is 29.8 Å². The molecule has 36 heavy (non-hydrogen) atoms. The Labute approximate surface area is 212 Å². The van der Waals surface area contributed by atoms with E-state index in [2.05, 4.69) is 15.3 Å². The Bertz CT molecular complexity index is 1210. The standard InChI is InChI=1S/C26H28ClF4N5/c1-17-14-33-36(24(17)25(28)29)21-13-26(30,31)16-35(15-21)23-12-19(27)4-7-22(23)18-2-5-20(6-3-18)34-10-8-32-9-11-34/h2-7,12,14,21,25,32H,8-11,13,15-16H2,1H3. The molecule has 0 radical (unpaired) electrons. The molecule has 3 aromatic rings. The highest BCUT2D eigenvalue weighted by molar-refractivity contribution is 6.31. The molecule has 0 amide bonds. The maximum atomic E-state index is 15.0. The van der Waals surface area contributed by atoms with E-state index in [1.165, 1.54) is 13.1 Å². The second kappa shape index (κ2) is 9.94. The number of nitrogens with one attached hydrogen (secondary N) is 1. The highest BCUT2D eigenvalue weighted by atomic mass is 35.5. The van der Waals surface area contributed by atoms with Crippen LogP contribution in [0.1, 0.15) is 30.1 Å². The van der Waals surface area contributed by atoms with Crippen LogP contribution < -0.4 is 15.1 Å². The first-order valence-electron chi connectivity index (χ1n) is 12.0. The Kier molecular flexibility index (Phi) is 6.87. The first-order chi connectivity index (χ1) is 17.2. The molecule has 2 fully saturated rings. The second-order valence-corrected chi connectivity index (χ2v) is 9.93. The lowest BCUT2D eigenvalue weighted by molar-refractivity contribution is -0.0298. The van der Waals surface area contributed by atoms with Crippen LogP contribution in [0.4, 0.5) is 28.9 Å². The third kappa shape index (κ3) is 5.04. The number of anilines is 2. The molecule has 1 atom stereocenters. The van der Waals surface area contributed by atoms with Gasteiger partial charge in [-0.3, -0.25) is 4.68 Å². The molecule has 2 aliphatic heterocycles. The van der Waals surface area contributed by atoms with Crippen molar-refractivity contribution in [2.75, 3.05) is 49.1 Å². The molecular weight excluding hydrogens is 494 g/mol. The summed E-state index contributed by atoms with van der Waals surface area (Å²) in [5.74, 6) is -3.09. The van der Waals surface area contributed by atoms with Gasteiger partial charge in [-0.15, -0.1) is 0 Å². The van der Waals surface area contributed by atoms with E-state index < -0.39 is 31.4 Å². The van der Waals surface area contributed by atoms with Gasteiger partial charge in [0.25, 0.3) is 12.3 Å². The lowest BCUT2D eigenvalue weighted by Crippen LogP contribution is -2.48. The van der Waals surface area contributed by atoms with Gasteiger partial charge in [-0.2, -0.15) is 5.10 Å². The zero-order valence-electron chi connectivity index (χ0n) is 19.9. The Morgan fingerprint density at radius 3 is 2.47 bits per heavy atom. The monoisotopic (exact) mass is 521 g/mol. The van der Waals surface area contributed by atoms with Crippen LogP contribution >= 0.6 is 11.6 Å². The van der Waals surface area contributed by atoms with Gasteiger partial charge in [-0.25, -0.2) is 17.6 Å². The van der Waals surface area contributed by atoms with Crippen LogP contribution in [0, 0.1) is 6.92 Å². The van der Waals surface area contributed by atoms with Crippen LogP contribution in [-0.4, -0.2) is 55.0 Å². The third-order valence-corrected chi connectivity index (χ3v) is 7.16. The summed E-state index contributed by atoms with van der Waals surface area (Å²) in [6.45, 7) is 4.80. The molecule has 0 bridgehead atoms. The quantitative estimate of drug-likeness (QED) is 0.421. The summed E-state index contributed by atoms with van der Waals surface area (Å²) in [5.41, 5.74) is 3.26. The average Bonchev–Trinajstić information content (AvgIpc) is 3.25. The second-order valence-electron chi connectivity index (χ2n) is 9.50. The molecule has 192 valence electrons. The summed E-state index contributed by atoms with van der Waals surface area (Å²) < 4.78 is 58.5. The normalized spacial score (nSPS) is 20.2. The zero-order chi connectivity index (χ0) is 25.4. The Hall–Kier alpha value is -2.78. The lowest BCUT2D eigenvalue weighted by atomic mass is 9.97. The predicted octanol–water partition coefficient (Wildman–Crippen LogP) is 5.95. The van der Waals surface area contributed by atoms with Crippen LogP contribution in [0.3, 0.4) is 0 Å². The topological polar surface area (TPSA) is 36.3 Å². The van der Waals surface area contributed by atoms with Crippen LogP contribution in [-0.2, 0) is 0 Å². The molecule has 5 rings (SSSR count). The number of alkyl halides is 4. The third-order valence-electron chi connectivity index (χ3n) is 6.93. The van der Waals surface area contributed by atoms with E-state index in [4.69, 9.17) is 11.6 Å². The summed E-state index contributed by atoms with van der Waals surface area (Å²) >= 11 is 6.30. The van der Waals surface area contributed by atoms with E-state index in [0.29, 0.717) is 16.3 Å². The minimum atomic E-state index is -3.09. The molecule has 0 spiro atoms. The minimum Gasteiger partial charge on any atom is -0.369 e. The van der Waals surface area contributed by atoms with Crippen molar-refractivity contribution in [2.45, 2.75) is 31.7 Å². The number of benzene rings is 2. The lowest BCUT2D eigenvalue weighted by Gasteiger charge is -2.40. The molecule has 2 saturated heterocycles. The molecule has 2 aliphatic rings. The molecule has 0 saturated carbocycles. The molecule has 1 N–H and O–H groups in total. The summed E-state index contributed by atoms with van der Waals surface area (Å²) in [6, 6.07) is 12.3. The minimum absolute atomic E-state index is 0.114. The van der Waals surface area contributed by atoms with E-state index in [9.17, 15) is 17.6 Å². The van der Waals surface area contributed by atoms with Crippen molar-refractivity contribution in [3.8, 4) is 11.1 Å². The Morgan fingerprint density at radius 2 is 1.78 bits per heavy atom. The van der Waals surface area contributed by atoms with Gasteiger partial charge in [0.05, 0.1) is 18.8 Å². The van der Waals surface area contributed by atoms with Crippen molar-refractivity contribution in [2.24, 2.45) is 0 Å². The molecule has 5 nitrogen and oxygen atoms in total. The van der Waals surface area contributed by atoms with Crippen molar-refractivity contribution < 1.29 is 17.6 Å². The molecule has 1 unspecified atom stereocenters. The van der Waals surface area contributed by atoms with Crippen molar-refractivity contribution in [1.29, 1.82) is 0 Å². The van der Waals surface area contributed by atoms with Crippen molar-refractivity contribution >= 4 is 23.0 Å². The van der Waals surface area contributed by atoms with E-state index in [1.54, 1.807) is 17.0 Å². The average molecular weight is 522 g/mol. The number of aromatic nitrogens is 2. The van der Waals surface area contributed by atoms with Crippen LogP contribution in [0.2, 0.25) is 5.02 Å². The summed E-state index contributed by atoms with van der Waals surface area (Å²) in [5, 5.41) is 7.80. The van der Waals surface area contributed by atoms with E-state index in [1.807, 2.05) is 30.3 Å². The summed E-state index contributed by atoms with van der Waals surface area (Å²) in [4.78, 5) is 3.84. The fourth-order valence-electron chi connectivity index (χ4n) is 5.23. The van der Waals surface area contributed by atoms with Gasteiger partial charge in [0, 0.05) is 61.1 Å². The molecular formula is C26H28ClF4N5. The first kappa shape index (κ1) is 24.9. The molecule has 2 aromatic carbocycles. The number of piperazine rings is 1. The number of aryl methyl sites for hydroxylation is 1. The van der Waals surface area contributed by atoms with Gasteiger partial charge >= 0.3 is 0 Å². The van der Waals surface area contributed by atoms with Gasteiger partial charge in [0.1, 0.15) is 5.69 Å². The largest absolute Gasteiger partial charge is 0.369 e. The number of rotatable bonds is 5. The van der Waals surface area contributed by atoms with Crippen LogP contribution in [0.15, 0.2) is 48.7 Å². The summed E-state index contributed by atoms with van der Waals surface area (Å²) in [7, 11) is 0. The SMILES string of the molecule is Cc1cnn(C2CN(c3cc(Cl)ccc3-c3ccc(N4CCNCC4)cc3)CC(F)(F)C2)c1C(F)F. The first-order valence-corrected chi connectivity index (χ1v) is 12.4. The highest BCUT2D eigenvalue weighted by Gasteiger charge is 2.43. The predicted molar refractivity (Wildman–Crippen MR) is 135 cm³/mol. The molecule has 10 heteroatoms. The van der Waals surface area contributed by atoms with Crippen molar-refractivity contribution in [1.82, 2.24) is 15.1 Å². The highest BCUT2D eigenvalue weighted by Crippen LogP contribution is 2.41. The maximum Gasteiger partial charge on any atom is 0.280 e. The zero-order valence-corrected chi connectivity index (χ0v) is 20.7. The molecule has 3 heterocycles. The Balaban J connectivity index is 1.48. The Morgan fingerprint density at radius 1 is 1.06 bits per heavy atom. The van der Waals surface area contributed by atoms with Gasteiger partial charge in [-0.05, 0) is 42.3 Å². The number of hydrogen-bond acceptors (Lipinski definition) is 4. The van der Waals surface area contributed by atoms with Gasteiger partial charge in [0.15, 0.2) is 0 Å². The molecule has 1 aromatic heterocycles. The number of piperidine rings is 1. The van der Waals surface area contributed by atoms with Crippen LogP contribution in [0.25, 0.3) is 11.1 Å². The summed E-state index contributed by atoms with van der Waals surface area (Å²) in [6.07, 6.45) is -2.05. The van der Waals surface area contributed by atoms with Crippen molar-refractivity contribution in [3.05, 3.63) is 64.9 Å². The van der Waals surface area contributed by atoms with E-state index >= 15 is 0 Å². The van der Waals surface area contributed by atoms with Crippen LogP contribution in [0.5, 0.6) is 0 Å². The number of hydrogen-bond donors (Lipinski definition) is 1. The number of nitrogens with zero attached hydrogens (tertiary/aromatic N) is 4. The van der Waals surface area contributed by atoms with E-state index in [-0.39, 0.29) is 12.2 Å². The fourth-order valence-corrected chi connectivity index (χ4v) is 5.39. The number of halogens is 5. The van der Waals surface area contributed by atoms with E-state index in [0.717, 1.165) is 47.7 Å². The van der Waals surface area contributed by atoms with Gasteiger partial charge in [0.2, 0.25) is 0 Å². The smallest absolute Gasteiger partial charge is 0.280 e.